The maximum absolute atomic E-state index is 13.2. The normalized spacial score (nSPS) is 10.7. The number of anilines is 1. The van der Waals surface area contributed by atoms with Crippen LogP contribution in [0.4, 0.5) is 11.5 Å². The van der Waals surface area contributed by atoms with E-state index >= 15 is 0 Å². The summed E-state index contributed by atoms with van der Waals surface area (Å²) in [4.78, 5) is 38.2. The van der Waals surface area contributed by atoms with Gasteiger partial charge in [0, 0.05) is 36.9 Å². The molecule has 38 heavy (non-hydrogen) atoms. The van der Waals surface area contributed by atoms with Crippen molar-refractivity contribution in [3.63, 3.8) is 0 Å². The van der Waals surface area contributed by atoms with Gasteiger partial charge in [0.15, 0.2) is 0 Å². The Bertz CT molecular complexity index is 1440. The zero-order chi connectivity index (χ0) is 27.1. The molecule has 0 aliphatic heterocycles. The van der Waals surface area contributed by atoms with Gasteiger partial charge in [-0.3, -0.25) is 19.7 Å². The minimum absolute atomic E-state index is 0.0331. The van der Waals surface area contributed by atoms with Crippen LogP contribution in [0.3, 0.4) is 0 Å². The number of ether oxygens (including phenoxy) is 1. The number of hydrogen-bond donors (Lipinski definition) is 1. The Hall–Kier alpha value is -4.54. The van der Waals surface area contributed by atoms with Crippen molar-refractivity contribution in [2.75, 3.05) is 32.1 Å². The van der Waals surface area contributed by atoms with E-state index in [9.17, 15) is 19.7 Å². The zero-order valence-corrected chi connectivity index (χ0v) is 21.2. The summed E-state index contributed by atoms with van der Waals surface area (Å²) in [5.41, 5.74) is 1.91. The zero-order valence-electron chi connectivity index (χ0n) is 20.4. The van der Waals surface area contributed by atoms with E-state index in [0.29, 0.717) is 11.5 Å². The number of hydrogen-bond acceptors (Lipinski definition) is 6. The first-order valence-corrected chi connectivity index (χ1v) is 12.0. The van der Waals surface area contributed by atoms with Crippen molar-refractivity contribution in [1.29, 1.82) is 0 Å². The topological polar surface area (TPSA) is 120 Å². The average Bonchev–Trinajstić information content (AvgIpc) is 3.35. The average molecular weight is 534 g/mol. The second-order valence-corrected chi connectivity index (χ2v) is 8.63. The predicted octanol–water partition coefficient (Wildman–Crippen LogP) is 4.83. The van der Waals surface area contributed by atoms with Gasteiger partial charge in [-0.1, -0.05) is 60.1 Å². The fourth-order valence-electron chi connectivity index (χ4n) is 3.76. The number of halogens is 1. The Morgan fingerprint density at radius 2 is 1.74 bits per heavy atom. The number of rotatable bonds is 10. The summed E-state index contributed by atoms with van der Waals surface area (Å²) >= 11 is 5.89. The lowest BCUT2D eigenvalue weighted by Crippen LogP contribution is -2.40. The number of amides is 2. The molecule has 1 N–H and O–H groups in total. The molecule has 0 radical (unpaired) electrons. The molecule has 2 amide bonds. The third-order valence-electron chi connectivity index (χ3n) is 5.62. The third kappa shape index (κ3) is 6.23. The van der Waals surface area contributed by atoms with Crippen LogP contribution >= 0.6 is 11.6 Å². The Labute approximate surface area is 223 Å². The van der Waals surface area contributed by atoms with Crippen molar-refractivity contribution >= 4 is 34.9 Å². The molecule has 0 saturated carbocycles. The number of benzene rings is 3. The molecule has 0 fully saturated rings. The Kier molecular flexibility index (Phi) is 8.47. The lowest BCUT2D eigenvalue weighted by atomic mass is 10.1. The van der Waals surface area contributed by atoms with Gasteiger partial charge in [0.2, 0.25) is 5.91 Å². The highest BCUT2D eigenvalue weighted by molar-refractivity contribution is 6.32. The van der Waals surface area contributed by atoms with Crippen molar-refractivity contribution in [1.82, 2.24) is 14.7 Å². The summed E-state index contributed by atoms with van der Waals surface area (Å²) in [5, 5.41) is 18.7. The molecule has 0 atom stereocenters. The van der Waals surface area contributed by atoms with E-state index in [0.717, 1.165) is 17.3 Å². The summed E-state index contributed by atoms with van der Waals surface area (Å²) < 4.78 is 6.71. The third-order valence-corrected chi connectivity index (χ3v) is 5.94. The van der Waals surface area contributed by atoms with Crippen LogP contribution in [-0.2, 0) is 9.53 Å². The molecule has 3 aromatic carbocycles. The molecular formula is C27H24ClN5O5. The van der Waals surface area contributed by atoms with Crippen molar-refractivity contribution in [2.45, 2.75) is 0 Å². The number of nitro groups is 1. The summed E-state index contributed by atoms with van der Waals surface area (Å²) in [7, 11) is 1.47. The van der Waals surface area contributed by atoms with Crippen molar-refractivity contribution in [2.24, 2.45) is 0 Å². The SMILES string of the molecule is COCCN(CC(=O)Nc1cc(-c2ccccc2)nn1-c1ccccc1)C(=O)c1ccc(Cl)c([N+](=O)[O-])c1. The van der Waals surface area contributed by atoms with Crippen LogP contribution in [0.25, 0.3) is 16.9 Å². The number of nitro benzene ring substituents is 1. The molecule has 0 bridgehead atoms. The van der Waals surface area contributed by atoms with Crippen LogP contribution in [0.2, 0.25) is 5.02 Å². The van der Waals surface area contributed by atoms with E-state index in [2.05, 4.69) is 10.4 Å². The highest BCUT2D eigenvalue weighted by Crippen LogP contribution is 2.27. The van der Waals surface area contributed by atoms with Crippen molar-refractivity contribution < 1.29 is 19.2 Å². The lowest BCUT2D eigenvalue weighted by molar-refractivity contribution is -0.384. The lowest BCUT2D eigenvalue weighted by Gasteiger charge is -2.22. The molecule has 194 valence electrons. The van der Waals surface area contributed by atoms with Gasteiger partial charge in [-0.25, -0.2) is 4.68 Å². The van der Waals surface area contributed by atoms with Gasteiger partial charge < -0.3 is 15.0 Å². The monoisotopic (exact) mass is 533 g/mol. The largest absolute Gasteiger partial charge is 0.383 e. The van der Waals surface area contributed by atoms with E-state index in [4.69, 9.17) is 16.3 Å². The fraction of sp³-hybridized carbons (Fsp3) is 0.148. The maximum Gasteiger partial charge on any atom is 0.288 e. The summed E-state index contributed by atoms with van der Waals surface area (Å²) in [6.45, 7) is -0.0690. The van der Waals surface area contributed by atoms with Gasteiger partial charge in [0.05, 0.1) is 22.9 Å². The number of methoxy groups -OCH3 is 1. The second-order valence-electron chi connectivity index (χ2n) is 8.22. The number of nitrogens with zero attached hydrogens (tertiary/aromatic N) is 4. The van der Waals surface area contributed by atoms with Crippen LogP contribution in [0.1, 0.15) is 10.4 Å². The number of nitrogens with one attached hydrogen (secondary N) is 1. The summed E-state index contributed by atoms with van der Waals surface area (Å²) in [6.07, 6.45) is 0. The smallest absolute Gasteiger partial charge is 0.288 e. The molecule has 0 saturated heterocycles. The Morgan fingerprint density at radius 1 is 1.05 bits per heavy atom. The van der Waals surface area contributed by atoms with Crippen LogP contribution in [0, 0.1) is 10.1 Å². The van der Waals surface area contributed by atoms with Crippen LogP contribution < -0.4 is 5.32 Å². The second kappa shape index (κ2) is 12.1. The van der Waals surface area contributed by atoms with E-state index in [-0.39, 0.29) is 30.3 Å². The predicted molar refractivity (Wildman–Crippen MR) is 144 cm³/mol. The number of carbonyl (C=O) groups excluding carboxylic acids is 2. The van der Waals surface area contributed by atoms with Crippen molar-refractivity contribution in [3.05, 3.63) is 106 Å². The molecule has 1 aromatic heterocycles. The number of aromatic nitrogens is 2. The molecule has 0 aliphatic carbocycles. The van der Waals surface area contributed by atoms with Gasteiger partial charge in [-0.15, -0.1) is 0 Å². The first-order chi connectivity index (χ1) is 18.4. The molecule has 4 aromatic rings. The molecule has 11 heteroatoms. The molecule has 0 spiro atoms. The van der Waals surface area contributed by atoms with Crippen LogP contribution in [-0.4, -0.2) is 58.2 Å². The summed E-state index contributed by atoms with van der Waals surface area (Å²) in [5.74, 6) is -0.630. The van der Waals surface area contributed by atoms with Crippen molar-refractivity contribution in [3.8, 4) is 16.9 Å². The van der Waals surface area contributed by atoms with Gasteiger partial charge in [0.25, 0.3) is 11.6 Å². The molecule has 10 nitrogen and oxygen atoms in total. The van der Waals surface area contributed by atoms with Gasteiger partial charge >= 0.3 is 0 Å². The number of para-hydroxylation sites is 1. The first-order valence-electron chi connectivity index (χ1n) is 11.6. The molecule has 1 heterocycles. The van der Waals surface area contributed by atoms with Crippen LogP contribution in [0.15, 0.2) is 84.9 Å². The van der Waals surface area contributed by atoms with E-state index in [1.54, 1.807) is 10.7 Å². The molecule has 0 aliphatic rings. The number of carbonyl (C=O) groups is 2. The summed E-state index contributed by atoms with van der Waals surface area (Å²) in [6, 6.07) is 24.4. The van der Waals surface area contributed by atoms with Gasteiger partial charge in [0.1, 0.15) is 17.4 Å². The highest BCUT2D eigenvalue weighted by Gasteiger charge is 2.23. The van der Waals surface area contributed by atoms with E-state index < -0.39 is 22.4 Å². The quantitative estimate of drug-likeness (QED) is 0.230. The minimum Gasteiger partial charge on any atom is -0.383 e. The van der Waals surface area contributed by atoms with E-state index in [1.165, 1.54) is 24.1 Å². The Balaban J connectivity index is 1.60. The first kappa shape index (κ1) is 26.5. The van der Waals surface area contributed by atoms with Crippen LogP contribution in [0.5, 0.6) is 0 Å². The molecular weight excluding hydrogens is 510 g/mol. The highest BCUT2D eigenvalue weighted by atomic mass is 35.5. The maximum atomic E-state index is 13.2. The van der Waals surface area contributed by atoms with Gasteiger partial charge in [-0.2, -0.15) is 5.10 Å². The fourth-order valence-corrected chi connectivity index (χ4v) is 3.95. The van der Waals surface area contributed by atoms with Gasteiger partial charge in [-0.05, 0) is 24.3 Å². The Morgan fingerprint density at radius 3 is 2.39 bits per heavy atom. The standard InChI is InChI=1S/C27H24ClN5O5/c1-38-15-14-31(27(35)20-12-13-22(28)24(16-20)33(36)37)18-26(34)29-25-17-23(19-8-4-2-5-9-19)30-32(25)21-10-6-3-7-11-21/h2-13,16-17H,14-15,18H2,1H3,(H,29,34). The molecule has 0 unspecified atom stereocenters. The molecule has 4 rings (SSSR count). The minimum atomic E-state index is -0.666. The van der Waals surface area contributed by atoms with E-state index in [1.807, 2.05) is 60.7 Å².